The fourth-order valence-corrected chi connectivity index (χ4v) is 5.96. The van der Waals surface area contributed by atoms with Crippen LogP contribution in [0.1, 0.15) is 52.4 Å². The van der Waals surface area contributed by atoms with E-state index in [-0.39, 0.29) is 29.5 Å². The van der Waals surface area contributed by atoms with Crippen molar-refractivity contribution in [1.82, 2.24) is 35.1 Å². The van der Waals surface area contributed by atoms with E-state index in [1.54, 1.807) is 19.9 Å². The van der Waals surface area contributed by atoms with Crippen molar-refractivity contribution >= 4 is 11.8 Å². The summed E-state index contributed by atoms with van der Waals surface area (Å²) < 4.78 is 53.7. The Labute approximate surface area is 234 Å². The first kappa shape index (κ1) is 28.7. The van der Waals surface area contributed by atoms with Crippen LogP contribution in [0.5, 0.6) is 0 Å². The second-order valence-electron chi connectivity index (χ2n) is 10.8. The highest BCUT2D eigenvalue weighted by molar-refractivity contribution is 5.96. The molecule has 13 heteroatoms. The molecule has 5 rings (SSSR count). The van der Waals surface area contributed by atoms with Gasteiger partial charge in [0.1, 0.15) is 5.82 Å². The molecule has 1 aromatic carbocycles. The molecule has 0 saturated carbocycles. The van der Waals surface area contributed by atoms with E-state index >= 15 is 0 Å². The van der Waals surface area contributed by atoms with Gasteiger partial charge in [0.05, 0.1) is 23.0 Å². The summed E-state index contributed by atoms with van der Waals surface area (Å²) in [7, 11) is 0. The number of nitrogens with one attached hydrogen (secondary N) is 1. The maximum atomic E-state index is 13.8. The van der Waals surface area contributed by atoms with Crippen LogP contribution in [0.15, 0.2) is 36.4 Å². The van der Waals surface area contributed by atoms with Crippen LogP contribution in [0.2, 0.25) is 0 Å². The fourth-order valence-electron chi connectivity index (χ4n) is 5.96. The first-order chi connectivity index (χ1) is 19.4. The fraction of sp³-hybridized carbons (Fsp3) is 0.464. The average molecular weight is 574 g/mol. The van der Waals surface area contributed by atoms with Crippen molar-refractivity contribution in [3.63, 3.8) is 0 Å². The van der Waals surface area contributed by atoms with Gasteiger partial charge < -0.3 is 15.1 Å². The van der Waals surface area contributed by atoms with Gasteiger partial charge in [0.25, 0.3) is 5.91 Å². The van der Waals surface area contributed by atoms with E-state index in [4.69, 9.17) is 0 Å². The second-order valence-corrected chi connectivity index (χ2v) is 10.8. The molecule has 41 heavy (non-hydrogen) atoms. The number of halogens is 4. The van der Waals surface area contributed by atoms with Crippen LogP contribution >= 0.6 is 0 Å². The Balaban J connectivity index is 1.21. The van der Waals surface area contributed by atoms with Gasteiger partial charge in [0.15, 0.2) is 11.5 Å². The van der Waals surface area contributed by atoms with Gasteiger partial charge in [-0.3, -0.25) is 9.59 Å². The Morgan fingerprint density at radius 2 is 1.76 bits per heavy atom. The molecule has 0 radical (unpaired) electrons. The van der Waals surface area contributed by atoms with Gasteiger partial charge in [0.2, 0.25) is 5.91 Å². The third-order valence-corrected chi connectivity index (χ3v) is 7.87. The van der Waals surface area contributed by atoms with Crippen LogP contribution in [0, 0.1) is 31.5 Å². The molecule has 2 aliphatic heterocycles. The molecule has 2 saturated heterocycles. The molecule has 9 nitrogen and oxygen atoms in total. The molecule has 0 spiro atoms. The van der Waals surface area contributed by atoms with Crippen LogP contribution in [-0.4, -0.2) is 74.3 Å². The topological polar surface area (TPSA) is 96.2 Å². The zero-order chi connectivity index (χ0) is 29.5. The number of fused-ring (bicyclic) bond motifs is 1. The average Bonchev–Trinajstić information content (AvgIpc) is 3.57. The second kappa shape index (κ2) is 11.2. The molecule has 2 amide bonds. The molecule has 218 valence electrons. The maximum Gasteiger partial charge on any atom is 0.435 e. The Hall–Kier alpha value is -3.87. The molecule has 2 fully saturated rings. The lowest BCUT2D eigenvalue weighted by atomic mass is 10.0. The molecular formula is C28H31F4N7O2. The summed E-state index contributed by atoms with van der Waals surface area (Å²) >= 11 is 0. The Bertz CT molecular complexity index is 1430. The molecular weight excluding hydrogens is 542 g/mol. The molecule has 0 bridgehead atoms. The number of aryl methyl sites for hydroxylation is 1. The summed E-state index contributed by atoms with van der Waals surface area (Å²) in [5.41, 5.74) is 0.994. The first-order valence-corrected chi connectivity index (χ1v) is 13.4. The van der Waals surface area contributed by atoms with Crippen molar-refractivity contribution < 1.29 is 27.2 Å². The Kier molecular flexibility index (Phi) is 7.82. The highest BCUT2D eigenvalue weighted by Gasteiger charge is 2.42. The Morgan fingerprint density at radius 3 is 2.34 bits per heavy atom. The minimum Gasteiger partial charge on any atom is -0.349 e. The van der Waals surface area contributed by atoms with Crippen LogP contribution in [-0.2, 0) is 11.0 Å². The smallest absolute Gasteiger partial charge is 0.349 e. The Morgan fingerprint density at radius 1 is 1.05 bits per heavy atom. The minimum atomic E-state index is -4.60. The number of alkyl halides is 3. The quantitative estimate of drug-likeness (QED) is 0.433. The summed E-state index contributed by atoms with van der Waals surface area (Å²) in [6, 6.07) is 7.99. The molecule has 3 atom stereocenters. The predicted molar refractivity (Wildman–Crippen MR) is 141 cm³/mol. The van der Waals surface area contributed by atoms with E-state index in [2.05, 4.69) is 25.5 Å². The van der Waals surface area contributed by atoms with Crippen LogP contribution in [0.3, 0.4) is 0 Å². The first-order valence-electron chi connectivity index (χ1n) is 13.4. The van der Waals surface area contributed by atoms with E-state index in [0.717, 1.165) is 31.3 Å². The molecule has 1 N–H and O–H groups in total. The van der Waals surface area contributed by atoms with Crippen molar-refractivity contribution in [2.24, 2.45) is 11.8 Å². The summed E-state index contributed by atoms with van der Waals surface area (Å²) in [6.07, 6.45) is -3.96. The molecule has 2 aliphatic rings. The summed E-state index contributed by atoms with van der Waals surface area (Å²) in [6.45, 7) is 8.34. The number of carbonyl (C=O) groups excluding carboxylic acids is 2. The number of nitrogens with zero attached hydrogens (tertiary/aromatic N) is 6. The lowest BCUT2D eigenvalue weighted by Crippen LogP contribution is -2.35. The van der Waals surface area contributed by atoms with Gasteiger partial charge in [-0.25, -0.2) is 9.07 Å². The lowest BCUT2D eigenvalue weighted by Gasteiger charge is -2.24. The third-order valence-electron chi connectivity index (χ3n) is 7.87. The number of rotatable bonds is 7. The SMILES string of the molecule is CC(=O)NC(CCN1CC2CN(C(=O)c3c(C)nn(-c4ccc(C(F)(F)F)nn4)c3C)C[C@@H]2C1)c1cccc(F)c1. The monoisotopic (exact) mass is 573 g/mol. The van der Waals surface area contributed by atoms with Gasteiger partial charge in [-0.1, -0.05) is 12.1 Å². The van der Waals surface area contributed by atoms with E-state index in [9.17, 15) is 27.2 Å². The third kappa shape index (κ3) is 6.09. The van der Waals surface area contributed by atoms with Crippen molar-refractivity contribution in [1.29, 1.82) is 0 Å². The number of hydrogen-bond acceptors (Lipinski definition) is 6. The zero-order valence-electron chi connectivity index (χ0n) is 23.0. The summed E-state index contributed by atoms with van der Waals surface area (Å²) in [5.74, 6) is 0.00596. The highest BCUT2D eigenvalue weighted by Crippen LogP contribution is 2.34. The number of carbonyl (C=O) groups is 2. The highest BCUT2D eigenvalue weighted by atomic mass is 19.4. The molecule has 2 unspecified atom stereocenters. The predicted octanol–water partition coefficient (Wildman–Crippen LogP) is 3.71. The number of benzene rings is 1. The van der Waals surface area contributed by atoms with Crippen molar-refractivity contribution in [2.45, 2.75) is 39.4 Å². The molecule has 0 aliphatic carbocycles. The van der Waals surface area contributed by atoms with Gasteiger partial charge in [-0.2, -0.15) is 18.3 Å². The normalized spacial score (nSPS) is 19.8. The standard InChI is InChI=1S/C28H31F4N7O2/c1-16-26(17(2)39(36-16)25-8-7-24(34-35-25)28(30,31)32)27(41)38-14-20-12-37(13-21(20)15-38)10-9-23(33-18(3)40)19-5-4-6-22(29)11-19/h4-8,11,20-21,23H,9-10,12-15H2,1-3H3,(H,33,40)/t20-,21?,23?/m0/s1. The van der Waals surface area contributed by atoms with Gasteiger partial charge in [0, 0.05) is 39.6 Å². The van der Waals surface area contributed by atoms with E-state index in [1.165, 1.54) is 29.8 Å². The molecule has 4 heterocycles. The summed E-state index contributed by atoms with van der Waals surface area (Å²) in [5, 5.41) is 14.2. The number of likely N-dealkylation sites (tertiary alicyclic amines) is 2. The largest absolute Gasteiger partial charge is 0.435 e. The van der Waals surface area contributed by atoms with E-state index < -0.39 is 11.9 Å². The van der Waals surface area contributed by atoms with E-state index in [1.807, 2.05) is 11.0 Å². The van der Waals surface area contributed by atoms with Crippen LogP contribution < -0.4 is 5.32 Å². The van der Waals surface area contributed by atoms with Crippen molar-refractivity contribution in [3.8, 4) is 5.82 Å². The zero-order valence-corrected chi connectivity index (χ0v) is 23.0. The minimum absolute atomic E-state index is 0.0994. The lowest BCUT2D eigenvalue weighted by molar-refractivity contribution is -0.141. The number of amides is 2. The summed E-state index contributed by atoms with van der Waals surface area (Å²) in [4.78, 5) is 29.4. The van der Waals surface area contributed by atoms with Crippen molar-refractivity contribution in [3.05, 3.63) is 70.4 Å². The van der Waals surface area contributed by atoms with Gasteiger partial charge >= 0.3 is 6.18 Å². The van der Waals surface area contributed by atoms with Crippen molar-refractivity contribution in [2.75, 3.05) is 32.7 Å². The molecule has 3 aromatic rings. The van der Waals surface area contributed by atoms with Gasteiger partial charge in [-0.05, 0) is 61.9 Å². The number of aromatic nitrogens is 4. The number of hydrogen-bond donors (Lipinski definition) is 1. The van der Waals surface area contributed by atoms with E-state index in [0.29, 0.717) is 48.3 Å². The maximum absolute atomic E-state index is 13.8. The van der Waals surface area contributed by atoms with Crippen LogP contribution in [0.4, 0.5) is 17.6 Å². The van der Waals surface area contributed by atoms with Gasteiger partial charge in [-0.15, -0.1) is 10.2 Å². The molecule has 2 aromatic heterocycles. The van der Waals surface area contributed by atoms with Crippen LogP contribution in [0.25, 0.3) is 5.82 Å².